The highest BCUT2D eigenvalue weighted by molar-refractivity contribution is 7.09. The summed E-state index contributed by atoms with van der Waals surface area (Å²) >= 11 is 1.59. The van der Waals surface area contributed by atoms with Gasteiger partial charge in [0, 0.05) is 55.9 Å². The number of hydrogen-bond donors (Lipinski definition) is 2. The van der Waals surface area contributed by atoms with Crippen molar-refractivity contribution >= 4 is 17.5 Å². The second-order valence-electron chi connectivity index (χ2n) is 9.04. The predicted molar refractivity (Wildman–Crippen MR) is 126 cm³/mol. The highest BCUT2D eigenvalue weighted by Crippen LogP contribution is 2.36. The summed E-state index contributed by atoms with van der Waals surface area (Å²) in [6.07, 6.45) is -6.24. The molecule has 0 bridgehead atoms. The number of fused-ring (bicyclic) bond motifs is 1. The molecule has 1 saturated heterocycles. The molecule has 1 fully saturated rings. The highest BCUT2D eigenvalue weighted by atomic mass is 32.1. The van der Waals surface area contributed by atoms with Crippen molar-refractivity contribution in [3.8, 4) is 0 Å². The Morgan fingerprint density at radius 2 is 1.57 bits per heavy atom. The van der Waals surface area contributed by atoms with E-state index in [0.29, 0.717) is 13.1 Å². The molecule has 5 rings (SSSR count). The number of likely N-dealkylation sites (tertiary alicyclic amines) is 1. The lowest BCUT2D eigenvalue weighted by atomic mass is 9.98. The molecule has 0 atom stereocenters. The van der Waals surface area contributed by atoms with E-state index < -0.39 is 23.7 Å². The van der Waals surface area contributed by atoms with Gasteiger partial charge in [0.2, 0.25) is 0 Å². The molecule has 0 radical (unpaired) electrons. The predicted octanol–water partition coefficient (Wildman–Crippen LogP) is 5.58. The van der Waals surface area contributed by atoms with Crippen LogP contribution in [0.1, 0.15) is 58.1 Å². The molecule has 0 aliphatic carbocycles. The van der Waals surface area contributed by atoms with E-state index in [-0.39, 0.29) is 22.8 Å². The zero-order valence-corrected chi connectivity index (χ0v) is 20.3. The zero-order valence-electron chi connectivity index (χ0n) is 19.5. The molecule has 0 amide bonds. The monoisotopic (exact) mass is 542 g/mol. The molecule has 1 aromatic carbocycles. The first-order chi connectivity index (χ1) is 17.6. The molecule has 2 aliphatic rings. The van der Waals surface area contributed by atoms with Crippen molar-refractivity contribution in [2.45, 2.75) is 50.4 Å². The average molecular weight is 543 g/mol. The second-order valence-corrected chi connectivity index (χ2v) is 9.93. The van der Waals surface area contributed by atoms with E-state index in [9.17, 15) is 26.3 Å². The normalized spacial score (nSPS) is 18.4. The minimum Gasteiger partial charge on any atom is -0.376 e. The Kier molecular flexibility index (Phi) is 7.03. The average Bonchev–Trinajstić information content (AvgIpc) is 3.47. The lowest BCUT2D eigenvalue weighted by molar-refractivity contribution is -0.143. The van der Waals surface area contributed by atoms with Crippen LogP contribution in [0.3, 0.4) is 0 Å². The fraction of sp³-hybridized carbons (Fsp3) is 0.417. The molecule has 13 heteroatoms. The number of benzene rings is 1. The van der Waals surface area contributed by atoms with Crippen LogP contribution in [-0.4, -0.2) is 32.8 Å². The van der Waals surface area contributed by atoms with Gasteiger partial charge in [-0.05, 0) is 24.0 Å². The first kappa shape index (κ1) is 25.7. The van der Waals surface area contributed by atoms with Crippen LogP contribution in [0.15, 0.2) is 41.9 Å². The van der Waals surface area contributed by atoms with Crippen LogP contribution in [0.2, 0.25) is 0 Å². The van der Waals surface area contributed by atoms with E-state index in [2.05, 4.69) is 27.9 Å². The number of halogens is 6. The van der Waals surface area contributed by atoms with Crippen molar-refractivity contribution in [1.29, 1.82) is 0 Å². The van der Waals surface area contributed by atoms with E-state index in [4.69, 9.17) is 4.98 Å². The number of piperidine rings is 1. The van der Waals surface area contributed by atoms with Gasteiger partial charge in [-0.2, -0.15) is 31.4 Å². The van der Waals surface area contributed by atoms with Gasteiger partial charge >= 0.3 is 12.4 Å². The summed E-state index contributed by atoms with van der Waals surface area (Å²) in [4.78, 5) is 6.64. The summed E-state index contributed by atoms with van der Waals surface area (Å²) in [5, 5.41) is 13.1. The van der Waals surface area contributed by atoms with Crippen molar-refractivity contribution < 1.29 is 26.3 Å². The third kappa shape index (κ3) is 5.83. The summed E-state index contributed by atoms with van der Waals surface area (Å²) in [7, 11) is 0. The number of hydrogen-bond acceptors (Lipinski definition) is 6. The van der Waals surface area contributed by atoms with Crippen molar-refractivity contribution in [1.82, 2.24) is 30.3 Å². The summed E-state index contributed by atoms with van der Waals surface area (Å²) in [6.45, 7) is 2.56. The third-order valence-corrected chi connectivity index (χ3v) is 7.59. The van der Waals surface area contributed by atoms with Gasteiger partial charge in [-0.15, -0.1) is 11.3 Å². The largest absolute Gasteiger partial charge is 0.435 e. The van der Waals surface area contributed by atoms with Crippen LogP contribution >= 0.6 is 11.3 Å². The molecular formula is C24H24F6N6S. The van der Waals surface area contributed by atoms with Gasteiger partial charge in [0.05, 0.1) is 10.7 Å². The van der Waals surface area contributed by atoms with Gasteiger partial charge in [0.15, 0.2) is 5.69 Å². The van der Waals surface area contributed by atoms with Crippen molar-refractivity contribution in [3.63, 3.8) is 0 Å². The first-order valence-corrected chi connectivity index (χ1v) is 12.6. The maximum atomic E-state index is 13.2. The van der Waals surface area contributed by atoms with E-state index in [1.54, 1.807) is 16.2 Å². The number of nitrogens with one attached hydrogen (secondary N) is 2. The molecule has 2 aromatic heterocycles. The molecular weight excluding hydrogens is 518 g/mol. The summed E-state index contributed by atoms with van der Waals surface area (Å²) in [6, 6.07) is 8.27. The fourth-order valence-corrected chi connectivity index (χ4v) is 5.56. The van der Waals surface area contributed by atoms with Crippen molar-refractivity contribution in [2.75, 3.05) is 13.1 Å². The standard InChI is InChI=1S/C24H24F6N6S/c25-23(26,27)19-11-20(24(28,29)30)36(34-19)10-9-35-7-5-15(6-8-35)22-33-18(14-37-22)21-31-12-16-3-1-2-4-17(16)13-32-21/h1-4,9-11,14-15,21,31-32H,5-8,12-13H2. The molecule has 6 nitrogen and oxygen atoms in total. The fourth-order valence-electron chi connectivity index (χ4n) is 4.54. The topological polar surface area (TPSA) is 58.0 Å². The maximum Gasteiger partial charge on any atom is 0.435 e. The number of aromatic nitrogens is 3. The Balaban J connectivity index is 1.19. The van der Waals surface area contributed by atoms with Crippen LogP contribution in [0.25, 0.3) is 6.20 Å². The van der Waals surface area contributed by atoms with Crippen LogP contribution in [-0.2, 0) is 25.4 Å². The molecule has 2 N–H and O–H groups in total. The van der Waals surface area contributed by atoms with Crippen LogP contribution < -0.4 is 10.6 Å². The molecule has 198 valence electrons. The lowest BCUT2D eigenvalue weighted by Crippen LogP contribution is -2.31. The van der Waals surface area contributed by atoms with Crippen LogP contribution in [0.4, 0.5) is 26.3 Å². The van der Waals surface area contributed by atoms with E-state index in [1.807, 2.05) is 17.5 Å². The number of alkyl halides is 6. The van der Waals surface area contributed by atoms with E-state index in [0.717, 1.165) is 42.8 Å². The van der Waals surface area contributed by atoms with Gasteiger partial charge in [0.25, 0.3) is 0 Å². The SMILES string of the molecule is FC(F)(F)c1cc(C(F)(F)F)n(C=CN2CCC(c3nc(C4NCc5ccccc5CN4)cs3)CC2)n1. The Labute approximate surface area is 213 Å². The number of nitrogens with zero attached hydrogens (tertiary/aromatic N) is 4. The van der Waals surface area contributed by atoms with E-state index >= 15 is 0 Å². The Morgan fingerprint density at radius 1 is 0.919 bits per heavy atom. The molecule has 4 heterocycles. The zero-order chi connectivity index (χ0) is 26.2. The van der Waals surface area contributed by atoms with Gasteiger partial charge in [-0.25, -0.2) is 9.67 Å². The molecule has 0 spiro atoms. The minimum atomic E-state index is -4.96. The molecule has 3 aromatic rings. The van der Waals surface area contributed by atoms with Gasteiger partial charge in [0.1, 0.15) is 11.9 Å². The first-order valence-electron chi connectivity index (χ1n) is 11.7. The Morgan fingerprint density at radius 3 is 2.16 bits per heavy atom. The Bertz CT molecular complexity index is 1230. The summed E-state index contributed by atoms with van der Waals surface area (Å²) < 4.78 is 78.5. The molecule has 2 aliphatic heterocycles. The number of thiazole rings is 1. The molecule has 0 saturated carbocycles. The minimum absolute atomic E-state index is 0.0211. The van der Waals surface area contributed by atoms with Gasteiger partial charge in [-0.3, -0.25) is 10.6 Å². The van der Waals surface area contributed by atoms with Crippen LogP contribution in [0, 0.1) is 0 Å². The third-order valence-electron chi connectivity index (χ3n) is 6.56. The van der Waals surface area contributed by atoms with Crippen molar-refractivity contribution in [3.05, 3.63) is 75.1 Å². The quantitative estimate of drug-likeness (QED) is 0.422. The summed E-state index contributed by atoms with van der Waals surface area (Å²) in [5.74, 6) is 0.207. The van der Waals surface area contributed by atoms with Crippen molar-refractivity contribution in [2.24, 2.45) is 0 Å². The summed E-state index contributed by atoms with van der Waals surface area (Å²) in [5.41, 5.74) is 0.379. The smallest absolute Gasteiger partial charge is 0.376 e. The van der Waals surface area contributed by atoms with Crippen LogP contribution in [0.5, 0.6) is 0 Å². The maximum absolute atomic E-state index is 13.2. The molecule has 37 heavy (non-hydrogen) atoms. The molecule has 0 unspecified atom stereocenters. The lowest BCUT2D eigenvalue weighted by Gasteiger charge is -2.30. The van der Waals surface area contributed by atoms with E-state index in [1.165, 1.54) is 17.3 Å². The Hall–Kier alpha value is -2.90. The second kappa shape index (κ2) is 10.1. The van der Waals surface area contributed by atoms with Gasteiger partial charge in [-0.1, -0.05) is 24.3 Å². The highest BCUT2D eigenvalue weighted by Gasteiger charge is 2.41. The number of rotatable bonds is 4. The van der Waals surface area contributed by atoms with Gasteiger partial charge < -0.3 is 4.90 Å².